The van der Waals surface area contributed by atoms with Gasteiger partial charge in [0.25, 0.3) is 5.95 Å². The molecule has 0 aliphatic heterocycles. The summed E-state index contributed by atoms with van der Waals surface area (Å²) in [5.74, 6) is 0.985. The van der Waals surface area contributed by atoms with Crippen molar-refractivity contribution in [2.75, 3.05) is 5.32 Å². The summed E-state index contributed by atoms with van der Waals surface area (Å²) in [6.07, 6.45) is 3.24. The molecule has 4 rings (SSSR count). The number of tetrazole rings is 1. The van der Waals surface area contributed by atoms with Gasteiger partial charge in [0.15, 0.2) is 0 Å². The molecule has 0 unspecified atom stereocenters. The Bertz CT molecular complexity index is 1140. The Morgan fingerprint density at radius 2 is 1.77 bits per heavy atom. The van der Waals surface area contributed by atoms with Crippen LogP contribution in [0.1, 0.15) is 26.5 Å². The lowest BCUT2D eigenvalue weighted by Gasteiger charge is -2.13. The van der Waals surface area contributed by atoms with E-state index in [9.17, 15) is 4.79 Å². The average Bonchev–Trinajstić information content (AvgIpc) is 3.36. The second-order valence-corrected chi connectivity index (χ2v) is 7.68. The molecule has 3 aromatic heterocycles. The first-order valence-electron chi connectivity index (χ1n) is 9.41. The minimum atomic E-state index is -0.315. The molecule has 0 fully saturated rings. The summed E-state index contributed by atoms with van der Waals surface area (Å²) < 4.78 is 1.52. The van der Waals surface area contributed by atoms with Crippen molar-refractivity contribution in [3.63, 3.8) is 0 Å². The highest BCUT2D eigenvalue weighted by Crippen LogP contribution is 2.25. The second kappa shape index (κ2) is 7.82. The predicted octanol–water partition coefficient (Wildman–Crippen LogP) is 2.25. The molecule has 10 nitrogen and oxygen atoms in total. The smallest absolute Gasteiger partial charge is 0.252 e. The average molecular weight is 403 g/mol. The first-order chi connectivity index (χ1) is 14.4. The van der Waals surface area contributed by atoms with E-state index in [4.69, 9.17) is 0 Å². The Kier molecular flexibility index (Phi) is 5.05. The molecule has 30 heavy (non-hydrogen) atoms. The van der Waals surface area contributed by atoms with Crippen LogP contribution in [-0.2, 0) is 16.8 Å². The monoisotopic (exact) mass is 403 g/mol. The van der Waals surface area contributed by atoms with Crippen molar-refractivity contribution in [2.45, 2.75) is 32.7 Å². The number of aromatic nitrogens is 8. The lowest BCUT2D eigenvalue weighted by molar-refractivity contribution is -0.117. The van der Waals surface area contributed by atoms with E-state index < -0.39 is 0 Å². The van der Waals surface area contributed by atoms with Crippen LogP contribution < -0.4 is 5.32 Å². The number of hydrogen-bond donors (Lipinski definition) is 1. The molecule has 0 aliphatic rings. The number of nitrogens with zero attached hydrogens (tertiary/aromatic N) is 8. The Hall–Kier alpha value is -3.95. The molecular formula is C20H21N9O. The molecule has 0 saturated carbocycles. The number of nitrogens with one attached hydrogen (secondary N) is 1. The number of carbonyl (C=O) groups excluding carboxylic acids is 1. The van der Waals surface area contributed by atoms with Gasteiger partial charge >= 0.3 is 0 Å². The van der Waals surface area contributed by atoms with Crippen molar-refractivity contribution in [2.24, 2.45) is 0 Å². The largest absolute Gasteiger partial charge is 0.309 e. The van der Waals surface area contributed by atoms with Gasteiger partial charge in [-0.2, -0.15) is 14.6 Å². The van der Waals surface area contributed by atoms with E-state index in [1.165, 1.54) is 9.48 Å². The summed E-state index contributed by atoms with van der Waals surface area (Å²) >= 11 is 0. The van der Waals surface area contributed by atoms with Crippen molar-refractivity contribution in [1.82, 2.24) is 40.0 Å². The number of amides is 1. The molecule has 0 aliphatic carbocycles. The molecule has 0 atom stereocenters. The van der Waals surface area contributed by atoms with Gasteiger partial charge in [-0.1, -0.05) is 51.1 Å². The molecule has 1 amide bonds. The van der Waals surface area contributed by atoms with Gasteiger partial charge in [-0.25, -0.2) is 9.97 Å². The number of carbonyl (C=O) groups is 1. The second-order valence-electron chi connectivity index (χ2n) is 7.68. The zero-order valence-electron chi connectivity index (χ0n) is 16.9. The quantitative estimate of drug-likeness (QED) is 0.543. The van der Waals surface area contributed by atoms with Crippen LogP contribution in [0, 0.1) is 0 Å². The highest BCUT2D eigenvalue weighted by atomic mass is 16.2. The highest BCUT2D eigenvalue weighted by molar-refractivity contribution is 5.89. The minimum Gasteiger partial charge on any atom is -0.309 e. The first-order valence-corrected chi connectivity index (χ1v) is 9.41. The first kappa shape index (κ1) is 19.4. The zero-order valence-corrected chi connectivity index (χ0v) is 16.9. The van der Waals surface area contributed by atoms with Crippen molar-refractivity contribution in [3.8, 4) is 17.3 Å². The van der Waals surface area contributed by atoms with Gasteiger partial charge in [-0.15, -0.1) is 10.2 Å². The van der Waals surface area contributed by atoms with Gasteiger partial charge in [0, 0.05) is 29.4 Å². The van der Waals surface area contributed by atoms with Crippen molar-refractivity contribution in [1.29, 1.82) is 0 Å². The molecule has 1 N–H and O–H groups in total. The number of hydrogen-bond acceptors (Lipinski definition) is 7. The van der Waals surface area contributed by atoms with E-state index in [1.54, 1.807) is 18.5 Å². The number of anilines is 1. The highest BCUT2D eigenvalue weighted by Gasteiger charge is 2.22. The molecule has 0 spiro atoms. The predicted molar refractivity (Wildman–Crippen MR) is 110 cm³/mol. The third-order valence-electron chi connectivity index (χ3n) is 4.26. The van der Waals surface area contributed by atoms with Crippen LogP contribution in [0.25, 0.3) is 17.3 Å². The van der Waals surface area contributed by atoms with Crippen LogP contribution in [0.5, 0.6) is 0 Å². The van der Waals surface area contributed by atoms with E-state index >= 15 is 0 Å². The van der Waals surface area contributed by atoms with Crippen LogP contribution >= 0.6 is 0 Å². The molecule has 10 heteroatoms. The van der Waals surface area contributed by atoms with Gasteiger partial charge < -0.3 is 5.32 Å². The summed E-state index contributed by atoms with van der Waals surface area (Å²) in [4.78, 5) is 22.4. The van der Waals surface area contributed by atoms with Crippen LogP contribution in [0.4, 0.5) is 5.82 Å². The Morgan fingerprint density at radius 1 is 1.03 bits per heavy atom. The van der Waals surface area contributed by atoms with Crippen molar-refractivity contribution in [3.05, 3.63) is 60.6 Å². The standard InChI is InChI=1S/C20H21N9O/c1-20(2,3)15-12-16(29(25-15)19-21-10-7-11-22-19)23-17(30)13-28-26-18(24-27-28)14-8-5-4-6-9-14/h4-12H,13H2,1-3H3,(H,23,30). The summed E-state index contributed by atoms with van der Waals surface area (Å²) in [5, 5.41) is 19.7. The number of benzene rings is 1. The van der Waals surface area contributed by atoms with Gasteiger partial charge in [0.2, 0.25) is 11.7 Å². The lowest BCUT2D eigenvalue weighted by atomic mass is 9.92. The summed E-state index contributed by atoms with van der Waals surface area (Å²) in [5.41, 5.74) is 1.42. The summed E-state index contributed by atoms with van der Waals surface area (Å²) in [7, 11) is 0. The molecule has 1 aromatic carbocycles. The third-order valence-corrected chi connectivity index (χ3v) is 4.26. The number of rotatable bonds is 5. The van der Waals surface area contributed by atoms with E-state index in [-0.39, 0.29) is 17.9 Å². The van der Waals surface area contributed by atoms with E-state index in [0.717, 1.165) is 11.3 Å². The van der Waals surface area contributed by atoms with Crippen LogP contribution in [0.2, 0.25) is 0 Å². The normalized spacial score (nSPS) is 11.4. The van der Waals surface area contributed by atoms with Gasteiger partial charge in [0.1, 0.15) is 12.4 Å². The van der Waals surface area contributed by atoms with Gasteiger partial charge in [0.05, 0.1) is 5.69 Å². The molecule has 4 aromatic rings. The van der Waals surface area contributed by atoms with Crippen molar-refractivity contribution < 1.29 is 4.79 Å². The third kappa shape index (κ3) is 4.22. The fraction of sp³-hybridized carbons (Fsp3) is 0.250. The summed E-state index contributed by atoms with van der Waals surface area (Å²) in [6.45, 7) is 6.04. The maximum Gasteiger partial charge on any atom is 0.252 e. The maximum atomic E-state index is 12.6. The molecule has 0 saturated heterocycles. The SMILES string of the molecule is CC(C)(C)c1cc(NC(=O)Cn2nnc(-c3ccccc3)n2)n(-c2ncccn2)n1. The van der Waals surface area contributed by atoms with Gasteiger partial charge in [-0.05, 0) is 11.3 Å². The fourth-order valence-corrected chi connectivity index (χ4v) is 2.71. The van der Waals surface area contributed by atoms with Gasteiger partial charge in [-0.3, -0.25) is 4.79 Å². The van der Waals surface area contributed by atoms with Crippen LogP contribution in [0.15, 0.2) is 54.9 Å². The summed E-state index contributed by atoms with van der Waals surface area (Å²) in [6, 6.07) is 13.0. The van der Waals surface area contributed by atoms with E-state index in [2.05, 4.69) is 35.8 Å². The molecule has 152 valence electrons. The van der Waals surface area contributed by atoms with E-state index in [0.29, 0.717) is 17.6 Å². The minimum absolute atomic E-state index is 0.0918. The van der Waals surface area contributed by atoms with E-state index in [1.807, 2.05) is 57.2 Å². The maximum absolute atomic E-state index is 12.6. The van der Waals surface area contributed by atoms with Crippen molar-refractivity contribution >= 4 is 11.7 Å². The molecule has 0 bridgehead atoms. The van der Waals surface area contributed by atoms with Crippen LogP contribution in [-0.4, -0.2) is 45.9 Å². The molecule has 3 heterocycles. The van der Waals surface area contributed by atoms with Crippen LogP contribution in [0.3, 0.4) is 0 Å². The Balaban J connectivity index is 1.55. The Labute approximate surface area is 173 Å². The zero-order chi connectivity index (χ0) is 21.1. The molecular weight excluding hydrogens is 382 g/mol. The Morgan fingerprint density at radius 3 is 2.47 bits per heavy atom. The fourth-order valence-electron chi connectivity index (χ4n) is 2.71. The lowest BCUT2D eigenvalue weighted by Crippen LogP contribution is -2.22. The molecule has 0 radical (unpaired) electrons. The topological polar surface area (TPSA) is 116 Å².